The van der Waals surface area contributed by atoms with Gasteiger partial charge in [0.15, 0.2) is 0 Å². The summed E-state index contributed by atoms with van der Waals surface area (Å²) < 4.78 is 2.43. The summed E-state index contributed by atoms with van der Waals surface area (Å²) in [5, 5.41) is 0.286. The second-order valence-corrected chi connectivity index (χ2v) is 4.50. The van der Waals surface area contributed by atoms with E-state index in [-0.39, 0.29) is 16.5 Å². The molecule has 0 aliphatic carbocycles. The number of hydrogen-bond acceptors (Lipinski definition) is 3. The normalized spacial score (nSPS) is 10.8. The van der Waals surface area contributed by atoms with Crippen LogP contribution in [0.15, 0.2) is 27.8 Å². The molecular formula is C9H6Cl3N3O2. The minimum Gasteiger partial charge on any atom is -0.267 e. The Labute approximate surface area is 111 Å². The Hall–Kier alpha value is -1.17. The van der Waals surface area contributed by atoms with Crippen molar-refractivity contribution in [3.8, 4) is 0 Å². The maximum atomic E-state index is 12.0. The first-order valence-corrected chi connectivity index (χ1v) is 5.49. The van der Waals surface area contributed by atoms with Gasteiger partial charge in [-0.2, -0.15) is 8.14 Å². The molecular weight excluding hydrogens is 288 g/mol. The van der Waals surface area contributed by atoms with Gasteiger partial charge in [0.25, 0.3) is 11.1 Å². The Bertz CT molecular complexity index is 705. The van der Waals surface area contributed by atoms with Crippen LogP contribution >= 0.6 is 35.3 Å². The summed E-state index contributed by atoms with van der Waals surface area (Å²) in [5.41, 5.74) is -0.738. The van der Waals surface area contributed by atoms with Crippen LogP contribution in [0.1, 0.15) is 0 Å². The van der Waals surface area contributed by atoms with Gasteiger partial charge in [0, 0.05) is 42.4 Å². The molecule has 0 saturated carbocycles. The van der Waals surface area contributed by atoms with Gasteiger partial charge in [-0.3, -0.25) is 9.59 Å². The molecule has 17 heavy (non-hydrogen) atoms. The van der Waals surface area contributed by atoms with E-state index in [4.69, 9.17) is 35.3 Å². The summed E-state index contributed by atoms with van der Waals surface area (Å²) in [4.78, 5) is 23.8. The molecule has 0 spiro atoms. The van der Waals surface area contributed by atoms with Gasteiger partial charge >= 0.3 is 0 Å². The monoisotopic (exact) mass is 293 g/mol. The van der Waals surface area contributed by atoms with Crippen molar-refractivity contribution in [3.05, 3.63) is 38.9 Å². The molecule has 0 N–H and O–H groups in total. The van der Waals surface area contributed by atoms with E-state index in [1.807, 2.05) is 0 Å². The number of hydrogen-bond donors (Lipinski definition) is 0. The molecule has 0 bridgehead atoms. The van der Waals surface area contributed by atoms with Crippen LogP contribution in [0.4, 0.5) is 5.69 Å². The fraction of sp³-hybridized carbons (Fsp3) is 0.111. The second-order valence-electron chi connectivity index (χ2n) is 3.33. The molecule has 0 amide bonds. The Balaban J connectivity index is 3.13. The molecule has 0 unspecified atom stereocenters. The number of nitrogens with zero attached hydrogens (tertiary/aromatic N) is 3. The lowest BCUT2D eigenvalue weighted by Gasteiger charge is -2.11. The highest BCUT2D eigenvalue weighted by Gasteiger charge is 2.15. The lowest BCUT2D eigenvalue weighted by Crippen LogP contribution is -2.33. The summed E-state index contributed by atoms with van der Waals surface area (Å²) in [6.45, 7) is 0. The van der Waals surface area contributed by atoms with Gasteiger partial charge in [-0.05, 0) is 12.1 Å². The molecule has 0 fully saturated rings. The molecule has 2 aromatic rings. The zero-order valence-corrected chi connectivity index (χ0v) is 10.8. The highest BCUT2D eigenvalue weighted by atomic mass is 35.5. The van der Waals surface area contributed by atoms with Gasteiger partial charge in [-0.15, -0.1) is 0 Å². The van der Waals surface area contributed by atoms with Crippen LogP contribution in [0, 0.1) is 0 Å². The van der Waals surface area contributed by atoms with Crippen molar-refractivity contribution in [2.24, 2.45) is 7.05 Å². The van der Waals surface area contributed by atoms with Crippen LogP contribution < -0.4 is 15.1 Å². The van der Waals surface area contributed by atoms with Gasteiger partial charge < -0.3 is 0 Å². The Morgan fingerprint density at radius 3 is 2.41 bits per heavy atom. The van der Waals surface area contributed by atoms with Crippen LogP contribution in [0.5, 0.6) is 0 Å². The van der Waals surface area contributed by atoms with E-state index in [2.05, 4.69) is 0 Å². The van der Waals surface area contributed by atoms with Gasteiger partial charge in [0.2, 0.25) is 0 Å². The molecule has 1 aromatic heterocycles. The van der Waals surface area contributed by atoms with E-state index >= 15 is 0 Å². The summed E-state index contributed by atoms with van der Waals surface area (Å²) >= 11 is 16.9. The summed E-state index contributed by atoms with van der Waals surface area (Å²) in [6, 6.07) is 4.58. The average Bonchev–Trinajstić information content (AvgIpc) is 2.32. The largest absolute Gasteiger partial charge is 0.288 e. The van der Waals surface area contributed by atoms with Crippen molar-refractivity contribution in [1.82, 2.24) is 8.88 Å². The fourth-order valence-electron chi connectivity index (χ4n) is 1.56. The van der Waals surface area contributed by atoms with Crippen LogP contribution in [0.3, 0.4) is 0 Å². The lowest BCUT2D eigenvalue weighted by molar-refractivity contribution is 0.655. The van der Waals surface area contributed by atoms with Crippen molar-refractivity contribution < 1.29 is 0 Å². The highest BCUT2D eigenvalue weighted by Crippen LogP contribution is 2.25. The lowest BCUT2D eigenvalue weighted by atomic mass is 10.1. The third-order valence-electron chi connectivity index (χ3n) is 2.39. The summed E-state index contributed by atoms with van der Waals surface area (Å²) in [5.74, 6) is 0. The Morgan fingerprint density at radius 1 is 1.18 bits per heavy atom. The third kappa shape index (κ3) is 1.80. The van der Waals surface area contributed by atoms with E-state index in [9.17, 15) is 9.59 Å². The SMILES string of the molecule is Cn1c(=O)c2c(N(Cl)Cl)cccc2c(=O)n1Cl. The molecule has 5 nitrogen and oxygen atoms in total. The van der Waals surface area contributed by atoms with Crippen LogP contribution in [-0.4, -0.2) is 8.88 Å². The smallest absolute Gasteiger partial charge is 0.267 e. The van der Waals surface area contributed by atoms with E-state index in [1.165, 1.54) is 19.2 Å². The molecule has 1 aromatic carbocycles. The molecule has 0 aliphatic rings. The molecule has 0 radical (unpaired) electrons. The average molecular weight is 295 g/mol. The highest BCUT2D eigenvalue weighted by molar-refractivity contribution is 6.50. The van der Waals surface area contributed by atoms with Gasteiger partial charge in [-0.25, -0.2) is 4.68 Å². The van der Waals surface area contributed by atoms with E-state index in [0.717, 1.165) is 8.62 Å². The Morgan fingerprint density at radius 2 is 1.82 bits per heavy atom. The molecule has 8 heteroatoms. The van der Waals surface area contributed by atoms with Crippen LogP contribution in [0.25, 0.3) is 10.8 Å². The summed E-state index contributed by atoms with van der Waals surface area (Å²) in [6.07, 6.45) is 0. The van der Waals surface area contributed by atoms with Crippen LogP contribution in [0.2, 0.25) is 0 Å². The number of benzene rings is 1. The van der Waals surface area contributed by atoms with Crippen molar-refractivity contribution in [2.45, 2.75) is 0 Å². The number of halogens is 3. The summed E-state index contributed by atoms with van der Waals surface area (Å²) in [7, 11) is 1.37. The molecule has 2 rings (SSSR count). The number of fused-ring (bicyclic) bond motifs is 1. The first kappa shape index (κ1) is 12.3. The number of rotatable bonds is 1. The first-order chi connectivity index (χ1) is 7.95. The van der Waals surface area contributed by atoms with E-state index in [1.54, 1.807) is 6.07 Å². The van der Waals surface area contributed by atoms with Crippen molar-refractivity contribution in [1.29, 1.82) is 0 Å². The van der Waals surface area contributed by atoms with Gasteiger partial charge in [0.05, 0.1) is 16.5 Å². The fourth-order valence-corrected chi connectivity index (χ4v) is 2.00. The quantitative estimate of drug-likeness (QED) is 0.754. The first-order valence-electron chi connectivity index (χ1n) is 4.48. The van der Waals surface area contributed by atoms with Crippen molar-refractivity contribution in [2.75, 3.05) is 3.94 Å². The maximum absolute atomic E-state index is 12.0. The number of aromatic nitrogens is 2. The molecule has 90 valence electrons. The maximum Gasteiger partial charge on any atom is 0.288 e. The standard InChI is InChI=1S/C9H6Cl3N3O2/c1-13-9(17)7-5(8(16)15(13)12)3-2-4-6(7)14(10)11/h2-4H,1H3. The molecule has 0 aliphatic heterocycles. The zero-order valence-electron chi connectivity index (χ0n) is 8.52. The van der Waals surface area contributed by atoms with Gasteiger partial charge in [-0.1, -0.05) is 6.07 Å². The predicted octanol–water partition coefficient (Wildman–Crippen LogP) is 1.82. The van der Waals surface area contributed by atoms with E-state index < -0.39 is 11.1 Å². The zero-order chi connectivity index (χ0) is 12.7. The van der Waals surface area contributed by atoms with Crippen molar-refractivity contribution in [3.63, 3.8) is 0 Å². The minimum atomic E-state index is -0.513. The third-order valence-corrected chi connectivity index (χ3v) is 3.14. The second kappa shape index (κ2) is 4.25. The molecule has 0 atom stereocenters. The molecule has 1 heterocycles. The predicted molar refractivity (Wildman–Crippen MR) is 68.9 cm³/mol. The van der Waals surface area contributed by atoms with Crippen molar-refractivity contribution >= 4 is 51.8 Å². The molecule has 0 saturated heterocycles. The van der Waals surface area contributed by atoms with Crippen LogP contribution in [-0.2, 0) is 7.05 Å². The Kier molecular flexibility index (Phi) is 3.07. The number of anilines is 1. The topological polar surface area (TPSA) is 47.2 Å². The van der Waals surface area contributed by atoms with Gasteiger partial charge in [0.1, 0.15) is 0 Å². The van der Waals surface area contributed by atoms with E-state index in [0.29, 0.717) is 4.20 Å². The minimum absolute atomic E-state index is 0.127.